The van der Waals surface area contributed by atoms with Crippen LogP contribution in [0, 0.1) is 0 Å². The number of halogens is 1. The number of ketones is 1. The van der Waals surface area contributed by atoms with Crippen LogP contribution in [0.5, 0.6) is 0 Å². The maximum absolute atomic E-state index is 12.7. The average Bonchev–Trinajstić information content (AvgIpc) is 3.01. The van der Waals surface area contributed by atoms with Gasteiger partial charge in [-0.05, 0) is 24.3 Å². The Morgan fingerprint density at radius 1 is 0.880 bits per heavy atom. The molecule has 0 aliphatic carbocycles. The number of carbonyl (C=O) groups is 1. The molecule has 4 heteroatoms. The van der Waals surface area contributed by atoms with Gasteiger partial charge in [0.25, 0.3) is 0 Å². The Labute approximate surface area is 150 Å². The molecule has 0 spiro atoms. The molecule has 4 aromatic rings. The minimum atomic E-state index is 0.0389. The van der Waals surface area contributed by atoms with Gasteiger partial charge in [0.15, 0.2) is 5.78 Å². The smallest absolute Gasteiger partial charge is 0.182 e. The quantitative estimate of drug-likeness (QED) is 0.474. The van der Waals surface area contributed by atoms with Crippen LogP contribution in [0.1, 0.15) is 10.4 Å². The van der Waals surface area contributed by atoms with Crippen LogP contribution in [0.2, 0.25) is 5.02 Å². The van der Waals surface area contributed by atoms with Crippen LogP contribution >= 0.6 is 11.6 Å². The fourth-order valence-corrected chi connectivity index (χ4v) is 3.16. The van der Waals surface area contributed by atoms with E-state index in [2.05, 4.69) is 0 Å². The fraction of sp³-hybridized carbons (Fsp3) is 0.0476. The lowest BCUT2D eigenvalue weighted by Gasteiger charge is -2.10. The molecule has 0 saturated heterocycles. The van der Waals surface area contributed by atoms with Gasteiger partial charge in [-0.25, -0.2) is 4.98 Å². The molecule has 122 valence electrons. The van der Waals surface area contributed by atoms with Crippen molar-refractivity contribution in [3.63, 3.8) is 0 Å². The van der Waals surface area contributed by atoms with E-state index >= 15 is 0 Å². The normalized spacial score (nSPS) is 10.9. The first-order valence-electron chi connectivity index (χ1n) is 8.02. The van der Waals surface area contributed by atoms with Gasteiger partial charge in [-0.15, -0.1) is 0 Å². The van der Waals surface area contributed by atoms with Crippen LogP contribution in [0.3, 0.4) is 0 Å². The Kier molecular flexibility index (Phi) is 4.08. The Morgan fingerprint density at radius 2 is 1.56 bits per heavy atom. The number of carbonyl (C=O) groups excluding carboxylic acids is 1. The summed E-state index contributed by atoms with van der Waals surface area (Å²) in [7, 11) is 0. The standard InChI is InChI=1S/C21H15ClN2O/c22-17-11-5-4-10-16(17)21-23-18-12-6-7-13-19(18)24(21)14-20(25)15-8-2-1-3-9-15/h1-13H,14H2. The molecule has 3 nitrogen and oxygen atoms in total. The second-order valence-corrected chi connectivity index (χ2v) is 6.19. The first-order chi connectivity index (χ1) is 12.2. The van der Waals surface area contributed by atoms with E-state index in [-0.39, 0.29) is 12.3 Å². The minimum absolute atomic E-state index is 0.0389. The topological polar surface area (TPSA) is 34.9 Å². The molecule has 0 aliphatic heterocycles. The summed E-state index contributed by atoms with van der Waals surface area (Å²) in [5, 5.41) is 0.617. The molecule has 0 amide bonds. The van der Waals surface area contributed by atoms with Gasteiger partial charge < -0.3 is 4.57 Å². The maximum Gasteiger partial charge on any atom is 0.182 e. The first kappa shape index (κ1) is 15.6. The van der Waals surface area contributed by atoms with Crippen LogP contribution < -0.4 is 0 Å². The number of nitrogens with zero attached hydrogens (tertiary/aromatic N) is 2. The number of Topliss-reactive ketones (excluding diaryl/α,β-unsaturated/α-hetero) is 1. The summed E-state index contributed by atoms with van der Waals surface area (Å²) >= 11 is 6.37. The third-order valence-corrected chi connectivity index (χ3v) is 4.50. The van der Waals surface area contributed by atoms with Crippen molar-refractivity contribution in [1.82, 2.24) is 9.55 Å². The summed E-state index contributed by atoms with van der Waals surface area (Å²) in [5.74, 6) is 0.744. The van der Waals surface area contributed by atoms with Gasteiger partial charge in [0.1, 0.15) is 5.82 Å². The van der Waals surface area contributed by atoms with E-state index in [0.29, 0.717) is 16.4 Å². The number of benzene rings is 3. The van der Waals surface area contributed by atoms with Gasteiger partial charge >= 0.3 is 0 Å². The second-order valence-electron chi connectivity index (χ2n) is 5.78. The molecule has 4 rings (SSSR count). The van der Waals surface area contributed by atoms with Gasteiger partial charge in [-0.2, -0.15) is 0 Å². The Balaban J connectivity index is 1.86. The molecule has 0 fully saturated rings. The van der Waals surface area contributed by atoms with Crippen molar-refractivity contribution < 1.29 is 4.79 Å². The van der Waals surface area contributed by atoms with Crippen molar-refractivity contribution >= 4 is 28.4 Å². The van der Waals surface area contributed by atoms with Gasteiger partial charge in [0.05, 0.1) is 22.6 Å². The van der Waals surface area contributed by atoms with Gasteiger partial charge in [-0.1, -0.05) is 66.2 Å². The summed E-state index contributed by atoms with van der Waals surface area (Å²) in [6, 6.07) is 24.7. The first-order valence-corrected chi connectivity index (χ1v) is 8.40. The highest BCUT2D eigenvalue weighted by atomic mass is 35.5. The zero-order valence-corrected chi connectivity index (χ0v) is 14.1. The van der Waals surface area contributed by atoms with Gasteiger partial charge in [-0.3, -0.25) is 4.79 Å². The molecule has 0 aliphatic rings. The predicted molar refractivity (Wildman–Crippen MR) is 101 cm³/mol. The molecule has 25 heavy (non-hydrogen) atoms. The van der Waals surface area contributed by atoms with Crippen LogP contribution in [-0.4, -0.2) is 15.3 Å². The Morgan fingerprint density at radius 3 is 2.36 bits per heavy atom. The van der Waals surface area contributed by atoms with Crippen molar-refractivity contribution in [1.29, 1.82) is 0 Å². The molecule has 0 N–H and O–H groups in total. The largest absolute Gasteiger partial charge is 0.316 e. The van der Waals surface area contributed by atoms with E-state index < -0.39 is 0 Å². The fourth-order valence-electron chi connectivity index (χ4n) is 2.94. The van der Waals surface area contributed by atoms with E-state index in [4.69, 9.17) is 16.6 Å². The lowest BCUT2D eigenvalue weighted by molar-refractivity contribution is 0.0974. The van der Waals surface area contributed by atoms with Crippen molar-refractivity contribution in [2.75, 3.05) is 0 Å². The van der Waals surface area contributed by atoms with Gasteiger partial charge in [0, 0.05) is 11.1 Å². The zero-order valence-electron chi connectivity index (χ0n) is 13.4. The average molecular weight is 347 g/mol. The van der Waals surface area contributed by atoms with Crippen molar-refractivity contribution in [2.24, 2.45) is 0 Å². The van der Waals surface area contributed by atoms with Crippen molar-refractivity contribution in [2.45, 2.75) is 6.54 Å². The molecule has 0 saturated carbocycles. The zero-order chi connectivity index (χ0) is 17.2. The van der Waals surface area contributed by atoms with Crippen LogP contribution in [0.15, 0.2) is 78.9 Å². The molecule has 1 heterocycles. The second kappa shape index (κ2) is 6.54. The van der Waals surface area contributed by atoms with Crippen LogP contribution in [-0.2, 0) is 6.54 Å². The third-order valence-electron chi connectivity index (χ3n) is 4.17. The SMILES string of the molecule is O=C(Cn1c(-c2ccccc2Cl)nc2ccccc21)c1ccccc1. The minimum Gasteiger partial charge on any atom is -0.316 e. The molecule has 0 unspecified atom stereocenters. The number of aromatic nitrogens is 2. The number of hydrogen-bond donors (Lipinski definition) is 0. The van der Waals surface area contributed by atoms with E-state index in [0.717, 1.165) is 16.6 Å². The summed E-state index contributed by atoms with van der Waals surface area (Å²) < 4.78 is 1.94. The van der Waals surface area contributed by atoms with E-state index in [1.54, 1.807) is 0 Å². The molecule has 0 atom stereocenters. The lowest BCUT2D eigenvalue weighted by Crippen LogP contribution is -2.11. The predicted octanol–water partition coefficient (Wildman–Crippen LogP) is 5.24. The highest BCUT2D eigenvalue weighted by Crippen LogP contribution is 2.30. The van der Waals surface area contributed by atoms with Crippen LogP contribution in [0.4, 0.5) is 0 Å². The van der Waals surface area contributed by atoms with E-state index in [9.17, 15) is 4.79 Å². The monoisotopic (exact) mass is 346 g/mol. The number of hydrogen-bond acceptors (Lipinski definition) is 2. The lowest BCUT2D eigenvalue weighted by atomic mass is 10.1. The maximum atomic E-state index is 12.7. The Bertz CT molecular complexity index is 1050. The highest BCUT2D eigenvalue weighted by Gasteiger charge is 2.17. The summed E-state index contributed by atoms with van der Waals surface area (Å²) in [6.45, 7) is 0.213. The molecule has 1 aromatic heterocycles. The number of fused-ring (bicyclic) bond motifs is 1. The number of rotatable bonds is 4. The Hall–Kier alpha value is -2.91. The molecular weight excluding hydrogens is 332 g/mol. The summed E-state index contributed by atoms with van der Waals surface area (Å²) in [5.41, 5.74) is 3.27. The molecule has 0 bridgehead atoms. The van der Waals surface area contributed by atoms with Crippen molar-refractivity contribution in [3.8, 4) is 11.4 Å². The van der Waals surface area contributed by atoms with E-state index in [1.165, 1.54) is 0 Å². The number of para-hydroxylation sites is 2. The molecule has 3 aromatic carbocycles. The summed E-state index contributed by atoms with van der Waals surface area (Å²) in [6.07, 6.45) is 0. The summed E-state index contributed by atoms with van der Waals surface area (Å²) in [4.78, 5) is 17.5. The van der Waals surface area contributed by atoms with Gasteiger partial charge in [0.2, 0.25) is 0 Å². The van der Waals surface area contributed by atoms with Crippen LogP contribution in [0.25, 0.3) is 22.4 Å². The number of imidazole rings is 1. The van der Waals surface area contributed by atoms with Crippen molar-refractivity contribution in [3.05, 3.63) is 89.4 Å². The third kappa shape index (κ3) is 2.94. The highest BCUT2D eigenvalue weighted by molar-refractivity contribution is 6.33. The van der Waals surface area contributed by atoms with E-state index in [1.807, 2.05) is 83.4 Å². The molecular formula is C21H15ClN2O. The molecule has 0 radical (unpaired) electrons.